The lowest BCUT2D eigenvalue weighted by Crippen LogP contribution is -2.19. The largest absolute Gasteiger partial charge is 0.347 e. The number of aromatic amines is 1. The van der Waals surface area contributed by atoms with E-state index >= 15 is 0 Å². The van der Waals surface area contributed by atoms with Crippen LogP contribution in [0.4, 0.5) is 5.82 Å². The molecule has 2 aromatic heterocycles. The number of hydrogen-bond donors (Lipinski definition) is 2. The molecule has 0 atom stereocenters. The number of carbonyl (C=O) groups excluding carboxylic acids is 1. The van der Waals surface area contributed by atoms with E-state index in [-0.39, 0.29) is 11.7 Å². The number of amides is 1. The molecule has 0 bridgehead atoms. The summed E-state index contributed by atoms with van der Waals surface area (Å²) in [7, 11) is 0. The molecule has 3 rings (SSSR count). The van der Waals surface area contributed by atoms with Gasteiger partial charge < -0.3 is 10.3 Å². The van der Waals surface area contributed by atoms with Crippen LogP contribution in [0.5, 0.6) is 0 Å². The van der Waals surface area contributed by atoms with Crippen LogP contribution in [0, 0.1) is 6.92 Å². The second-order valence-electron chi connectivity index (χ2n) is 4.58. The van der Waals surface area contributed by atoms with Crippen molar-refractivity contribution in [1.29, 1.82) is 0 Å². The minimum Gasteiger partial charge on any atom is -0.310 e. The van der Waals surface area contributed by atoms with E-state index in [4.69, 9.17) is 0 Å². The zero-order valence-corrected chi connectivity index (χ0v) is 11.3. The Morgan fingerprint density at radius 3 is 2.90 bits per heavy atom. The number of aromatic nitrogens is 3. The molecule has 0 spiro atoms. The number of pyridine rings is 1. The molecule has 1 amide bonds. The van der Waals surface area contributed by atoms with Crippen molar-refractivity contribution in [3.8, 4) is 0 Å². The first kappa shape index (κ1) is 13.0. The van der Waals surface area contributed by atoms with Crippen molar-refractivity contribution in [3.63, 3.8) is 0 Å². The van der Waals surface area contributed by atoms with Crippen molar-refractivity contribution in [2.24, 2.45) is 0 Å². The Morgan fingerprint density at radius 1 is 1.24 bits per heavy atom. The Labute approximate surface area is 119 Å². The summed E-state index contributed by atoms with van der Waals surface area (Å²) < 4.78 is 0. The summed E-state index contributed by atoms with van der Waals surface area (Å²) in [6.45, 7) is 1.72. The van der Waals surface area contributed by atoms with E-state index in [0.717, 1.165) is 10.9 Å². The first-order chi connectivity index (χ1) is 10.1. The monoisotopic (exact) mass is 280 g/mol. The molecule has 6 nitrogen and oxygen atoms in total. The molecule has 0 unspecified atom stereocenters. The molecule has 0 aliphatic carbocycles. The zero-order chi connectivity index (χ0) is 14.8. The van der Waals surface area contributed by atoms with E-state index in [9.17, 15) is 9.59 Å². The van der Waals surface area contributed by atoms with Crippen LogP contribution in [-0.4, -0.2) is 20.9 Å². The molecule has 0 aliphatic rings. The molecule has 3 aromatic rings. The Bertz CT molecular complexity index is 881. The SMILES string of the molecule is Cc1cc(NC(=O)c2cccc3ncccc23)nc(=O)[nH]1. The van der Waals surface area contributed by atoms with E-state index in [1.165, 1.54) is 0 Å². The molecule has 104 valence electrons. The Kier molecular flexibility index (Phi) is 3.19. The fourth-order valence-electron chi connectivity index (χ4n) is 2.13. The number of aryl methyl sites for hydroxylation is 1. The molecule has 6 heteroatoms. The maximum atomic E-state index is 12.4. The summed E-state index contributed by atoms with van der Waals surface area (Å²) in [4.78, 5) is 34.1. The first-order valence-corrected chi connectivity index (χ1v) is 6.36. The molecule has 0 radical (unpaired) electrons. The number of hydrogen-bond acceptors (Lipinski definition) is 4. The van der Waals surface area contributed by atoms with Crippen molar-refractivity contribution in [3.05, 3.63) is 64.3 Å². The van der Waals surface area contributed by atoms with Gasteiger partial charge in [0.2, 0.25) is 0 Å². The van der Waals surface area contributed by atoms with Gasteiger partial charge in [0.05, 0.1) is 5.52 Å². The number of rotatable bonds is 2. The van der Waals surface area contributed by atoms with Crippen molar-refractivity contribution in [1.82, 2.24) is 15.0 Å². The van der Waals surface area contributed by atoms with E-state index < -0.39 is 5.69 Å². The minimum absolute atomic E-state index is 0.224. The summed E-state index contributed by atoms with van der Waals surface area (Å²) in [6, 6.07) is 10.5. The molecule has 1 aromatic carbocycles. The number of carbonyl (C=O) groups is 1. The highest BCUT2D eigenvalue weighted by atomic mass is 16.2. The Hall–Kier alpha value is -3.02. The topological polar surface area (TPSA) is 87.7 Å². The van der Waals surface area contributed by atoms with Gasteiger partial charge in [-0.15, -0.1) is 0 Å². The summed E-state index contributed by atoms with van der Waals surface area (Å²) in [5, 5.41) is 3.38. The highest BCUT2D eigenvalue weighted by molar-refractivity contribution is 6.12. The maximum Gasteiger partial charge on any atom is 0.347 e. The van der Waals surface area contributed by atoms with Crippen LogP contribution in [-0.2, 0) is 0 Å². The van der Waals surface area contributed by atoms with E-state index in [1.54, 1.807) is 37.4 Å². The first-order valence-electron chi connectivity index (χ1n) is 6.36. The Balaban J connectivity index is 1.99. The van der Waals surface area contributed by atoms with Crippen LogP contribution >= 0.6 is 0 Å². The lowest BCUT2D eigenvalue weighted by Gasteiger charge is -2.07. The van der Waals surface area contributed by atoms with Gasteiger partial charge in [0, 0.05) is 28.9 Å². The van der Waals surface area contributed by atoms with Gasteiger partial charge in [0.25, 0.3) is 5.91 Å². The van der Waals surface area contributed by atoms with Gasteiger partial charge in [-0.2, -0.15) is 4.98 Å². The Morgan fingerprint density at radius 2 is 2.10 bits per heavy atom. The fourth-order valence-corrected chi connectivity index (χ4v) is 2.13. The van der Waals surface area contributed by atoms with Gasteiger partial charge in [-0.25, -0.2) is 4.79 Å². The number of benzene rings is 1. The maximum absolute atomic E-state index is 12.4. The molecule has 2 N–H and O–H groups in total. The van der Waals surface area contributed by atoms with Crippen LogP contribution in [0.25, 0.3) is 10.9 Å². The molecule has 0 aliphatic heterocycles. The number of fused-ring (bicyclic) bond motifs is 1. The number of anilines is 1. The quantitative estimate of drug-likeness (QED) is 0.750. The summed E-state index contributed by atoms with van der Waals surface area (Å²) >= 11 is 0. The van der Waals surface area contributed by atoms with Crippen LogP contribution in [0.2, 0.25) is 0 Å². The van der Waals surface area contributed by atoms with Crippen molar-refractivity contribution >= 4 is 22.6 Å². The third kappa shape index (κ3) is 2.64. The molecular formula is C15H12N4O2. The van der Waals surface area contributed by atoms with Gasteiger partial charge in [-0.1, -0.05) is 12.1 Å². The van der Waals surface area contributed by atoms with Crippen LogP contribution in [0.1, 0.15) is 16.1 Å². The van der Waals surface area contributed by atoms with Gasteiger partial charge in [0.15, 0.2) is 0 Å². The third-order valence-corrected chi connectivity index (χ3v) is 3.01. The molecule has 2 heterocycles. The van der Waals surface area contributed by atoms with Gasteiger partial charge in [0.1, 0.15) is 5.82 Å². The normalized spacial score (nSPS) is 10.5. The predicted molar refractivity (Wildman–Crippen MR) is 79.3 cm³/mol. The lowest BCUT2D eigenvalue weighted by molar-refractivity contribution is 0.102. The van der Waals surface area contributed by atoms with Crippen molar-refractivity contribution < 1.29 is 4.79 Å². The van der Waals surface area contributed by atoms with Gasteiger partial charge >= 0.3 is 5.69 Å². The summed E-state index contributed by atoms with van der Waals surface area (Å²) in [5.41, 5.74) is 1.36. The number of nitrogens with one attached hydrogen (secondary N) is 2. The predicted octanol–water partition coefficient (Wildman–Crippen LogP) is 1.88. The summed E-state index contributed by atoms with van der Waals surface area (Å²) in [6.07, 6.45) is 1.67. The van der Waals surface area contributed by atoms with E-state index in [0.29, 0.717) is 11.3 Å². The molecule has 0 fully saturated rings. The highest BCUT2D eigenvalue weighted by Crippen LogP contribution is 2.17. The second kappa shape index (κ2) is 5.16. The minimum atomic E-state index is -0.495. The zero-order valence-electron chi connectivity index (χ0n) is 11.3. The van der Waals surface area contributed by atoms with E-state index in [2.05, 4.69) is 20.3 Å². The van der Waals surface area contributed by atoms with E-state index in [1.807, 2.05) is 12.1 Å². The summed E-state index contributed by atoms with van der Waals surface area (Å²) in [5.74, 6) is -0.103. The standard InChI is InChI=1S/C15H12N4O2/c1-9-8-13(19-15(21)17-9)18-14(20)11-4-2-6-12-10(11)5-3-7-16-12/h2-8H,1H3,(H2,17,18,19,20,21). The highest BCUT2D eigenvalue weighted by Gasteiger charge is 2.11. The fraction of sp³-hybridized carbons (Fsp3) is 0.0667. The van der Waals surface area contributed by atoms with Gasteiger partial charge in [-0.3, -0.25) is 9.78 Å². The third-order valence-electron chi connectivity index (χ3n) is 3.01. The van der Waals surface area contributed by atoms with Crippen molar-refractivity contribution in [2.45, 2.75) is 6.92 Å². The number of nitrogens with zero attached hydrogens (tertiary/aromatic N) is 2. The molecule has 0 saturated carbocycles. The number of H-pyrrole nitrogens is 1. The second-order valence-corrected chi connectivity index (χ2v) is 4.58. The van der Waals surface area contributed by atoms with Gasteiger partial charge in [-0.05, 0) is 25.1 Å². The lowest BCUT2D eigenvalue weighted by atomic mass is 10.1. The van der Waals surface area contributed by atoms with Crippen LogP contribution < -0.4 is 11.0 Å². The molecule has 21 heavy (non-hydrogen) atoms. The average molecular weight is 280 g/mol. The van der Waals surface area contributed by atoms with Crippen LogP contribution in [0.3, 0.4) is 0 Å². The average Bonchev–Trinajstić information content (AvgIpc) is 2.45. The van der Waals surface area contributed by atoms with Crippen molar-refractivity contribution in [2.75, 3.05) is 5.32 Å². The van der Waals surface area contributed by atoms with Crippen LogP contribution in [0.15, 0.2) is 47.4 Å². The molecule has 0 saturated heterocycles. The smallest absolute Gasteiger partial charge is 0.310 e. The molecular weight excluding hydrogens is 268 g/mol.